The second kappa shape index (κ2) is 9.13. The van der Waals surface area contributed by atoms with Gasteiger partial charge in [0, 0.05) is 32.7 Å². The molecule has 0 spiro atoms. The van der Waals surface area contributed by atoms with Gasteiger partial charge in [0.2, 0.25) is 0 Å². The fourth-order valence-corrected chi connectivity index (χ4v) is 3.35. The molecule has 2 aliphatic rings. The van der Waals surface area contributed by atoms with Crippen LogP contribution >= 0.6 is 12.4 Å². The van der Waals surface area contributed by atoms with E-state index in [1.165, 1.54) is 71.2 Å². The highest BCUT2D eigenvalue weighted by atomic mass is 35.5. The molecule has 2 fully saturated rings. The Morgan fingerprint density at radius 2 is 1.50 bits per heavy atom. The van der Waals surface area contributed by atoms with Crippen LogP contribution in [-0.2, 0) is 0 Å². The summed E-state index contributed by atoms with van der Waals surface area (Å²) in [4.78, 5) is 5.23. The minimum atomic E-state index is 0. The average molecular weight is 276 g/mol. The largest absolute Gasteiger partial charge is 0.329 e. The smallest absolute Gasteiger partial charge is 0.0110 e. The van der Waals surface area contributed by atoms with Gasteiger partial charge in [0.15, 0.2) is 0 Å². The van der Waals surface area contributed by atoms with Gasteiger partial charge in [-0.15, -0.1) is 12.4 Å². The summed E-state index contributed by atoms with van der Waals surface area (Å²) >= 11 is 0. The highest BCUT2D eigenvalue weighted by Gasteiger charge is 2.19. The molecule has 0 amide bonds. The monoisotopic (exact) mass is 275 g/mol. The summed E-state index contributed by atoms with van der Waals surface area (Å²) in [5.74, 6) is 0.991. The minimum Gasteiger partial charge on any atom is -0.329 e. The van der Waals surface area contributed by atoms with Gasteiger partial charge in [0.1, 0.15) is 0 Å². The molecule has 0 aromatic rings. The first kappa shape index (κ1) is 16.2. The van der Waals surface area contributed by atoms with E-state index in [-0.39, 0.29) is 12.4 Å². The van der Waals surface area contributed by atoms with Gasteiger partial charge in [-0.2, -0.15) is 0 Å². The predicted octanol–water partition coefficient (Wildman–Crippen LogP) is 1.95. The van der Waals surface area contributed by atoms with E-state index in [2.05, 4.69) is 9.80 Å². The Morgan fingerprint density at radius 3 is 2.22 bits per heavy atom. The van der Waals surface area contributed by atoms with E-state index >= 15 is 0 Å². The molecule has 108 valence electrons. The zero-order chi connectivity index (χ0) is 11.9. The van der Waals surface area contributed by atoms with E-state index in [1.807, 2.05) is 0 Å². The Kier molecular flexibility index (Phi) is 8.23. The van der Waals surface area contributed by atoms with Crippen molar-refractivity contribution in [3.05, 3.63) is 0 Å². The third kappa shape index (κ3) is 5.43. The van der Waals surface area contributed by atoms with E-state index in [1.54, 1.807) is 0 Å². The van der Waals surface area contributed by atoms with E-state index in [4.69, 9.17) is 5.73 Å². The molecule has 1 heterocycles. The van der Waals surface area contributed by atoms with Crippen molar-refractivity contribution in [3.63, 3.8) is 0 Å². The summed E-state index contributed by atoms with van der Waals surface area (Å²) in [5.41, 5.74) is 5.64. The van der Waals surface area contributed by atoms with Crippen LogP contribution in [0.1, 0.15) is 38.5 Å². The van der Waals surface area contributed by atoms with Crippen LogP contribution < -0.4 is 5.73 Å². The topological polar surface area (TPSA) is 32.5 Å². The number of nitrogens with zero attached hydrogens (tertiary/aromatic N) is 2. The van der Waals surface area contributed by atoms with Gasteiger partial charge >= 0.3 is 0 Å². The number of nitrogens with two attached hydrogens (primary N) is 1. The van der Waals surface area contributed by atoms with Gasteiger partial charge in [-0.3, -0.25) is 0 Å². The van der Waals surface area contributed by atoms with Crippen LogP contribution in [0, 0.1) is 5.92 Å². The first-order valence-electron chi connectivity index (χ1n) is 7.53. The van der Waals surface area contributed by atoms with E-state index < -0.39 is 0 Å². The van der Waals surface area contributed by atoms with Crippen molar-refractivity contribution in [1.29, 1.82) is 0 Å². The molecule has 0 bridgehead atoms. The third-order valence-electron chi connectivity index (χ3n) is 4.37. The zero-order valence-corrected chi connectivity index (χ0v) is 12.5. The number of rotatable bonds is 4. The van der Waals surface area contributed by atoms with Gasteiger partial charge in [-0.1, -0.05) is 19.3 Å². The summed E-state index contributed by atoms with van der Waals surface area (Å²) in [6.07, 6.45) is 8.69. The molecule has 3 nitrogen and oxygen atoms in total. The van der Waals surface area contributed by atoms with Crippen LogP contribution in [0.5, 0.6) is 0 Å². The summed E-state index contributed by atoms with van der Waals surface area (Å²) in [6, 6.07) is 0. The van der Waals surface area contributed by atoms with Crippen molar-refractivity contribution in [1.82, 2.24) is 9.80 Å². The lowest BCUT2D eigenvalue weighted by Crippen LogP contribution is -2.36. The zero-order valence-electron chi connectivity index (χ0n) is 11.6. The Balaban J connectivity index is 0.00000162. The molecule has 2 N–H and O–H groups in total. The maximum atomic E-state index is 5.64. The minimum absolute atomic E-state index is 0. The van der Waals surface area contributed by atoms with Crippen LogP contribution in [0.2, 0.25) is 0 Å². The van der Waals surface area contributed by atoms with Crippen LogP contribution in [-0.4, -0.2) is 55.6 Å². The van der Waals surface area contributed by atoms with Gasteiger partial charge in [-0.05, 0) is 38.3 Å². The molecule has 0 unspecified atom stereocenters. The number of hydrogen-bond donors (Lipinski definition) is 1. The Labute approximate surface area is 118 Å². The Hall–Kier alpha value is 0.170. The molecule has 4 heteroatoms. The van der Waals surface area contributed by atoms with Crippen LogP contribution in [0.4, 0.5) is 0 Å². The van der Waals surface area contributed by atoms with Crippen LogP contribution in [0.3, 0.4) is 0 Å². The summed E-state index contributed by atoms with van der Waals surface area (Å²) < 4.78 is 0. The molecule has 1 aliphatic carbocycles. The quantitative estimate of drug-likeness (QED) is 0.851. The second-order valence-electron chi connectivity index (χ2n) is 5.79. The van der Waals surface area contributed by atoms with Crippen molar-refractivity contribution < 1.29 is 0 Å². The average Bonchev–Trinajstić information content (AvgIpc) is 2.57. The first-order valence-corrected chi connectivity index (χ1v) is 7.53. The molecule has 0 radical (unpaired) electrons. The maximum Gasteiger partial charge on any atom is 0.0110 e. The van der Waals surface area contributed by atoms with E-state index in [0.717, 1.165) is 19.0 Å². The normalized spacial score (nSPS) is 24.5. The maximum absolute atomic E-state index is 5.64. The Morgan fingerprint density at radius 1 is 0.833 bits per heavy atom. The SMILES string of the molecule is Cl.NCCN1CCCN(CC2CCCCC2)CC1. The summed E-state index contributed by atoms with van der Waals surface area (Å²) in [6.45, 7) is 8.28. The third-order valence-corrected chi connectivity index (χ3v) is 4.37. The lowest BCUT2D eigenvalue weighted by atomic mass is 9.89. The second-order valence-corrected chi connectivity index (χ2v) is 5.79. The van der Waals surface area contributed by atoms with Crippen molar-refractivity contribution in [2.75, 3.05) is 45.8 Å². The molecule has 0 aromatic heterocycles. The molecule has 0 aromatic carbocycles. The summed E-state index contributed by atoms with van der Waals surface area (Å²) in [7, 11) is 0. The molecule has 1 saturated heterocycles. The van der Waals surface area contributed by atoms with E-state index in [0.29, 0.717) is 0 Å². The van der Waals surface area contributed by atoms with Crippen molar-refractivity contribution in [2.45, 2.75) is 38.5 Å². The molecule has 18 heavy (non-hydrogen) atoms. The van der Waals surface area contributed by atoms with Gasteiger partial charge < -0.3 is 15.5 Å². The molecule has 1 aliphatic heterocycles. The highest BCUT2D eigenvalue weighted by molar-refractivity contribution is 5.85. The standard InChI is InChI=1S/C14H29N3.ClH/c15-7-10-16-8-4-9-17(12-11-16)13-14-5-2-1-3-6-14;/h14H,1-13,15H2;1H. The van der Waals surface area contributed by atoms with Crippen molar-refractivity contribution >= 4 is 12.4 Å². The molecule has 1 saturated carbocycles. The fourth-order valence-electron chi connectivity index (χ4n) is 3.35. The van der Waals surface area contributed by atoms with Gasteiger partial charge in [-0.25, -0.2) is 0 Å². The predicted molar refractivity (Wildman–Crippen MR) is 80.4 cm³/mol. The molecular weight excluding hydrogens is 246 g/mol. The lowest BCUT2D eigenvalue weighted by Gasteiger charge is -2.28. The van der Waals surface area contributed by atoms with Crippen molar-refractivity contribution in [3.8, 4) is 0 Å². The van der Waals surface area contributed by atoms with Crippen molar-refractivity contribution in [2.24, 2.45) is 11.7 Å². The molecule has 2 rings (SSSR count). The van der Waals surface area contributed by atoms with Gasteiger partial charge in [0.25, 0.3) is 0 Å². The van der Waals surface area contributed by atoms with Crippen LogP contribution in [0.15, 0.2) is 0 Å². The van der Waals surface area contributed by atoms with E-state index in [9.17, 15) is 0 Å². The fraction of sp³-hybridized carbons (Fsp3) is 1.00. The lowest BCUT2D eigenvalue weighted by molar-refractivity contribution is 0.202. The van der Waals surface area contributed by atoms with Gasteiger partial charge in [0.05, 0.1) is 0 Å². The number of hydrogen-bond acceptors (Lipinski definition) is 3. The van der Waals surface area contributed by atoms with Crippen LogP contribution in [0.25, 0.3) is 0 Å². The summed E-state index contributed by atoms with van der Waals surface area (Å²) in [5, 5.41) is 0. The molecule has 0 atom stereocenters. The highest BCUT2D eigenvalue weighted by Crippen LogP contribution is 2.24. The first-order chi connectivity index (χ1) is 8.38. The Bertz CT molecular complexity index is 207. The number of halogens is 1. The molecular formula is C14H30ClN3.